The number of nitrogens with two attached hydrogens (primary N) is 1. The van der Waals surface area contributed by atoms with Crippen molar-refractivity contribution in [2.24, 2.45) is 16.6 Å². The Balaban J connectivity index is 0.00000280. The van der Waals surface area contributed by atoms with Gasteiger partial charge in [0.15, 0.2) is 5.96 Å². The summed E-state index contributed by atoms with van der Waals surface area (Å²) in [5, 5.41) is 3.40. The first kappa shape index (κ1) is 22.7. The number of nitrogens with one attached hydrogen (secondary N) is 1. The summed E-state index contributed by atoms with van der Waals surface area (Å²) in [7, 11) is 0. The molecule has 8 heteroatoms. The highest BCUT2D eigenvalue weighted by atomic mass is 127. The van der Waals surface area contributed by atoms with Crippen LogP contribution in [0.25, 0.3) is 0 Å². The Morgan fingerprint density at radius 2 is 2.11 bits per heavy atom. The van der Waals surface area contributed by atoms with E-state index in [4.69, 9.17) is 10.7 Å². The summed E-state index contributed by atoms with van der Waals surface area (Å²) in [6.07, 6.45) is 6.96. The molecule has 0 spiro atoms. The van der Waals surface area contributed by atoms with E-state index < -0.39 is 0 Å². The summed E-state index contributed by atoms with van der Waals surface area (Å²) in [5.41, 5.74) is 6.56. The normalized spacial score (nSPS) is 20.0. The molecule has 0 bridgehead atoms. The van der Waals surface area contributed by atoms with Crippen LogP contribution in [0.5, 0.6) is 0 Å². The number of carbonyl (C=O) groups excluding carboxylic acids is 1. The first-order chi connectivity index (χ1) is 13.2. The van der Waals surface area contributed by atoms with Gasteiger partial charge >= 0.3 is 0 Å². The predicted octanol–water partition coefficient (Wildman–Crippen LogP) is 2.35. The van der Waals surface area contributed by atoms with E-state index in [1.54, 1.807) is 0 Å². The van der Waals surface area contributed by atoms with E-state index in [0.717, 1.165) is 57.3 Å². The molecule has 1 atom stereocenters. The summed E-state index contributed by atoms with van der Waals surface area (Å²) in [6.45, 7) is 7.53. The molecule has 1 amide bonds. The van der Waals surface area contributed by atoms with E-state index in [1.165, 1.54) is 18.4 Å². The number of amides is 1. The van der Waals surface area contributed by atoms with Gasteiger partial charge in [0.2, 0.25) is 5.91 Å². The van der Waals surface area contributed by atoms with Crippen molar-refractivity contribution in [1.29, 1.82) is 0 Å². The van der Waals surface area contributed by atoms with E-state index in [1.807, 2.05) is 12.3 Å². The number of hydrogen-bond donors (Lipinski definition) is 2. The van der Waals surface area contributed by atoms with Crippen LogP contribution in [0.3, 0.4) is 0 Å². The molecule has 28 heavy (non-hydrogen) atoms. The second-order valence-corrected chi connectivity index (χ2v) is 7.51. The fourth-order valence-corrected chi connectivity index (χ4v) is 3.98. The zero-order chi connectivity index (χ0) is 19.1. The van der Waals surface area contributed by atoms with Gasteiger partial charge < -0.3 is 20.9 Å². The van der Waals surface area contributed by atoms with Crippen LogP contribution in [0.2, 0.25) is 0 Å². The molecule has 2 fully saturated rings. The largest absolute Gasteiger partial charge is 0.370 e. The molecule has 2 aliphatic heterocycles. The summed E-state index contributed by atoms with van der Waals surface area (Å²) in [6, 6.07) is 4.20. The number of aliphatic imine (C=N–C) groups is 1. The molecule has 0 saturated carbocycles. The fraction of sp³-hybridized carbons (Fsp3) is 0.650. The lowest BCUT2D eigenvalue weighted by atomic mass is 9.95. The zero-order valence-corrected chi connectivity index (χ0v) is 19.1. The Labute approximate surface area is 185 Å². The standard InChI is InChI=1S/C20H32N6O.HI/c1-2-22-20(26-11-5-6-17(15-26)12-18(21)27)24-14-16-7-8-23-19(13-16)25-9-3-4-10-25;/h7-8,13,17H,2-6,9-12,14-15H2,1H3,(H2,21,27)(H,22,24);1H. The maximum atomic E-state index is 11.3. The highest BCUT2D eigenvalue weighted by Gasteiger charge is 2.23. The average molecular weight is 500 g/mol. The van der Waals surface area contributed by atoms with Crippen LogP contribution in [-0.2, 0) is 11.3 Å². The van der Waals surface area contributed by atoms with E-state index in [9.17, 15) is 4.79 Å². The number of halogens is 1. The molecule has 1 aromatic rings. The summed E-state index contributed by atoms with van der Waals surface area (Å²) < 4.78 is 0. The number of hydrogen-bond acceptors (Lipinski definition) is 4. The second-order valence-electron chi connectivity index (χ2n) is 7.51. The third-order valence-corrected chi connectivity index (χ3v) is 5.29. The molecular formula is C20H33IN6O. The lowest BCUT2D eigenvalue weighted by molar-refractivity contribution is -0.119. The number of aromatic nitrogens is 1. The van der Waals surface area contributed by atoms with Gasteiger partial charge in [-0.25, -0.2) is 9.98 Å². The number of guanidine groups is 1. The Kier molecular flexibility index (Phi) is 9.27. The molecule has 0 aliphatic carbocycles. The van der Waals surface area contributed by atoms with Crippen LogP contribution in [0, 0.1) is 5.92 Å². The number of nitrogens with zero attached hydrogens (tertiary/aromatic N) is 4. The lowest BCUT2D eigenvalue weighted by Crippen LogP contribution is -2.47. The topological polar surface area (TPSA) is 86.8 Å². The molecule has 2 saturated heterocycles. The van der Waals surface area contributed by atoms with Crippen LogP contribution < -0.4 is 16.0 Å². The van der Waals surface area contributed by atoms with Crippen molar-refractivity contribution in [3.05, 3.63) is 23.9 Å². The Bertz CT molecular complexity index is 662. The maximum absolute atomic E-state index is 11.3. The van der Waals surface area contributed by atoms with Gasteiger partial charge in [0, 0.05) is 45.3 Å². The summed E-state index contributed by atoms with van der Waals surface area (Å²) in [5.74, 6) is 2.09. The minimum Gasteiger partial charge on any atom is -0.370 e. The molecule has 3 N–H and O–H groups in total. The molecule has 1 aromatic heterocycles. The third-order valence-electron chi connectivity index (χ3n) is 5.29. The lowest BCUT2D eigenvalue weighted by Gasteiger charge is -2.34. The van der Waals surface area contributed by atoms with Crippen molar-refractivity contribution in [3.8, 4) is 0 Å². The monoisotopic (exact) mass is 500 g/mol. The van der Waals surface area contributed by atoms with Crippen LogP contribution in [0.15, 0.2) is 23.3 Å². The first-order valence-corrected chi connectivity index (χ1v) is 10.2. The van der Waals surface area contributed by atoms with Gasteiger partial charge in [0.05, 0.1) is 6.54 Å². The minimum absolute atomic E-state index is 0. The zero-order valence-electron chi connectivity index (χ0n) is 16.8. The molecule has 7 nitrogen and oxygen atoms in total. The van der Waals surface area contributed by atoms with Gasteiger partial charge in [-0.1, -0.05) is 0 Å². The number of carbonyl (C=O) groups is 1. The van der Waals surface area contributed by atoms with Gasteiger partial charge in [-0.2, -0.15) is 0 Å². The van der Waals surface area contributed by atoms with E-state index >= 15 is 0 Å². The van der Waals surface area contributed by atoms with Crippen LogP contribution in [-0.4, -0.2) is 54.5 Å². The molecule has 3 rings (SSSR count). The van der Waals surface area contributed by atoms with Crippen molar-refractivity contribution in [1.82, 2.24) is 15.2 Å². The maximum Gasteiger partial charge on any atom is 0.217 e. The molecule has 2 aliphatic rings. The number of likely N-dealkylation sites (tertiary alicyclic amines) is 1. The van der Waals surface area contributed by atoms with Crippen LogP contribution in [0.1, 0.15) is 44.6 Å². The molecule has 1 unspecified atom stereocenters. The van der Waals surface area contributed by atoms with Crippen molar-refractivity contribution < 1.29 is 4.79 Å². The van der Waals surface area contributed by atoms with Gasteiger partial charge in [-0.3, -0.25) is 4.79 Å². The molecular weight excluding hydrogens is 467 g/mol. The van der Waals surface area contributed by atoms with Crippen LogP contribution >= 0.6 is 24.0 Å². The average Bonchev–Trinajstić information content (AvgIpc) is 3.20. The van der Waals surface area contributed by atoms with Crippen molar-refractivity contribution in [2.45, 2.75) is 45.6 Å². The Morgan fingerprint density at radius 1 is 1.32 bits per heavy atom. The van der Waals surface area contributed by atoms with Crippen molar-refractivity contribution >= 4 is 41.7 Å². The van der Waals surface area contributed by atoms with Crippen molar-refractivity contribution in [2.75, 3.05) is 37.6 Å². The first-order valence-electron chi connectivity index (χ1n) is 10.2. The minimum atomic E-state index is -0.213. The Morgan fingerprint density at radius 3 is 2.82 bits per heavy atom. The molecule has 0 radical (unpaired) electrons. The quantitative estimate of drug-likeness (QED) is 0.356. The van der Waals surface area contributed by atoms with Gasteiger partial charge in [0.25, 0.3) is 0 Å². The smallest absolute Gasteiger partial charge is 0.217 e. The van der Waals surface area contributed by atoms with Crippen molar-refractivity contribution in [3.63, 3.8) is 0 Å². The third kappa shape index (κ3) is 6.49. The van der Waals surface area contributed by atoms with E-state index in [-0.39, 0.29) is 29.9 Å². The number of primary amides is 1. The second kappa shape index (κ2) is 11.4. The molecule has 0 aromatic carbocycles. The summed E-state index contributed by atoms with van der Waals surface area (Å²) >= 11 is 0. The van der Waals surface area contributed by atoms with E-state index in [2.05, 4.69) is 33.1 Å². The molecule has 156 valence electrons. The number of rotatable bonds is 6. The predicted molar refractivity (Wildman–Crippen MR) is 124 cm³/mol. The SMILES string of the molecule is CCNC(=NCc1ccnc(N2CCCC2)c1)N1CCCC(CC(N)=O)C1.I. The number of piperidine rings is 1. The summed E-state index contributed by atoms with van der Waals surface area (Å²) in [4.78, 5) is 25.3. The van der Waals surface area contributed by atoms with E-state index in [0.29, 0.717) is 18.9 Å². The fourth-order valence-electron chi connectivity index (χ4n) is 3.98. The number of anilines is 1. The van der Waals surface area contributed by atoms with Gasteiger partial charge in [-0.05, 0) is 56.2 Å². The van der Waals surface area contributed by atoms with Crippen LogP contribution in [0.4, 0.5) is 5.82 Å². The van der Waals surface area contributed by atoms with Gasteiger partial charge in [-0.15, -0.1) is 24.0 Å². The Hall–Kier alpha value is -1.58. The van der Waals surface area contributed by atoms with Gasteiger partial charge in [0.1, 0.15) is 5.82 Å². The molecule has 3 heterocycles. The highest BCUT2D eigenvalue weighted by molar-refractivity contribution is 14.0. The number of pyridine rings is 1. The highest BCUT2D eigenvalue weighted by Crippen LogP contribution is 2.21.